The van der Waals surface area contributed by atoms with Crippen molar-refractivity contribution in [3.63, 3.8) is 0 Å². The van der Waals surface area contributed by atoms with E-state index in [0.717, 1.165) is 11.8 Å². The van der Waals surface area contributed by atoms with E-state index in [0.29, 0.717) is 5.56 Å². The maximum Gasteiger partial charge on any atom is 0.573 e. The third-order valence-corrected chi connectivity index (χ3v) is 3.80. The topological polar surface area (TPSA) is 74.5 Å². The smallest absolute Gasteiger partial charge is 0.481 e. The van der Waals surface area contributed by atoms with Gasteiger partial charge in [0.1, 0.15) is 5.75 Å². The summed E-state index contributed by atoms with van der Waals surface area (Å²) in [5.74, 6) is 0.187. The predicted molar refractivity (Wildman–Crippen MR) is 80.1 cm³/mol. The molecule has 0 unspecified atom stereocenters. The van der Waals surface area contributed by atoms with Crippen molar-refractivity contribution in [2.75, 3.05) is 7.11 Å². The second-order valence-electron chi connectivity index (χ2n) is 4.42. The number of nitro groups is 1. The fourth-order valence-electron chi connectivity index (χ4n) is 1.71. The largest absolute Gasteiger partial charge is 0.573 e. The third-order valence-electron chi connectivity index (χ3n) is 2.75. The number of benzene rings is 1. The summed E-state index contributed by atoms with van der Waals surface area (Å²) in [4.78, 5) is 14.5. The van der Waals surface area contributed by atoms with Gasteiger partial charge in [-0.2, -0.15) is 4.98 Å². The van der Waals surface area contributed by atoms with Gasteiger partial charge in [-0.1, -0.05) is 23.9 Å². The van der Waals surface area contributed by atoms with E-state index >= 15 is 0 Å². The van der Waals surface area contributed by atoms with Gasteiger partial charge in [-0.15, -0.1) is 13.2 Å². The zero-order chi connectivity index (χ0) is 17.7. The molecule has 2 rings (SSSR count). The van der Waals surface area contributed by atoms with Crippen molar-refractivity contribution in [1.29, 1.82) is 0 Å². The summed E-state index contributed by atoms with van der Waals surface area (Å²) in [7, 11) is 1.39. The molecule has 0 bridgehead atoms. The molecule has 0 spiro atoms. The number of nitrogens with zero attached hydrogens (tertiary/aromatic N) is 2. The SMILES string of the molecule is COc1ccc([N+](=O)[O-])c(SCc2ccc(OC(F)(F)F)cc2)n1. The Bertz CT molecular complexity index is 723. The highest BCUT2D eigenvalue weighted by Gasteiger charge is 2.30. The summed E-state index contributed by atoms with van der Waals surface area (Å²) in [5.41, 5.74) is 0.492. The van der Waals surface area contributed by atoms with Crippen molar-refractivity contribution in [3.05, 3.63) is 52.1 Å². The lowest BCUT2D eigenvalue weighted by atomic mass is 10.2. The van der Waals surface area contributed by atoms with Crippen LogP contribution in [0.3, 0.4) is 0 Å². The first-order valence-corrected chi connectivity index (χ1v) is 7.44. The Kier molecular flexibility index (Phi) is 5.50. The summed E-state index contributed by atoms with van der Waals surface area (Å²) < 4.78 is 45.0. The highest BCUT2D eigenvalue weighted by molar-refractivity contribution is 7.98. The molecule has 0 saturated heterocycles. The lowest BCUT2D eigenvalue weighted by molar-refractivity contribution is -0.388. The molecule has 1 aromatic carbocycles. The number of methoxy groups -OCH3 is 1. The van der Waals surface area contributed by atoms with Gasteiger partial charge in [0.2, 0.25) is 5.88 Å². The molecule has 10 heteroatoms. The maximum atomic E-state index is 12.1. The van der Waals surface area contributed by atoms with Crippen molar-refractivity contribution in [1.82, 2.24) is 4.98 Å². The van der Waals surface area contributed by atoms with Crippen LogP contribution in [0.15, 0.2) is 41.4 Å². The Hall–Kier alpha value is -2.49. The van der Waals surface area contributed by atoms with Crippen LogP contribution in [0, 0.1) is 10.1 Å². The van der Waals surface area contributed by atoms with E-state index in [-0.39, 0.29) is 28.1 Å². The van der Waals surface area contributed by atoms with Crippen LogP contribution in [0.1, 0.15) is 5.56 Å². The van der Waals surface area contributed by atoms with Crippen molar-refractivity contribution in [3.8, 4) is 11.6 Å². The molecule has 0 amide bonds. The van der Waals surface area contributed by atoms with E-state index in [1.54, 1.807) is 0 Å². The number of thioether (sulfide) groups is 1. The first-order valence-electron chi connectivity index (χ1n) is 6.45. The van der Waals surface area contributed by atoms with Crippen LogP contribution in [-0.2, 0) is 5.75 Å². The average Bonchev–Trinajstić information content (AvgIpc) is 2.52. The van der Waals surface area contributed by atoms with E-state index in [1.165, 1.54) is 43.5 Å². The fraction of sp³-hybridized carbons (Fsp3) is 0.214. The molecule has 1 heterocycles. The number of rotatable bonds is 6. The Labute approximate surface area is 138 Å². The molecule has 0 radical (unpaired) electrons. The van der Waals surface area contributed by atoms with Crippen molar-refractivity contribution in [2.45, 2.75) is 17.1 Å². The molecule has 1 aromatic heterocycles. The van der Waals surface area contributed by atoms with Gasteiger partial charge in [0, 0.05) is 17.9 Å². The Morgan fingerprint density at radius 1 is 1.21 bits per heavy atom. The van der Waals surface area contributed by atoms with Gasteiger partial charge >= 0.3 is 12.0 Å². The number of aromatic nitrogens is 1. The number of alkyl halides is 3. The fourth-order valence-corrected chi connectivity index (χ4v) is 2.65. The van der Waals surface area contributed by atoms with Crippen molar-refractivity contribution in [2.24, 2.45) is 0 Å². The van der Waals surface area contributed by atoms with Gasteiger partial charge in [-0.3, -0.25) is 10.1 Å². The molecule has 128 valence electrons. The lowest BCUT2D eigenvalue weighted by Gasteiger charge is -2.09. The number of hydrogen-bond acceptors (Lipinski definition) is 6. The lowest BCUT2D eigenvalue weighted by Crippen LogP contribution is -2.16. The molecular formula is C14H11F3N2O4S. The maximum absolute atomic E-state index is 12.1. The van der Waals surface area contributed by atoms with Crippen molar-refractivity contribution < 1.29 is 27.6 Å². The standard InChI is InChI=1S/C14H11F3N2O4S/c1-22-12-7-6-11(19(20)21)13(18-12)24-8-9-2-4-10(5-3-9)23-14(15,16)17/h2-7H,8H2,1H3. The molecular weight excluding hydrogens is 349 g/mol. The van der Waals surface area contributed by atoms with Crippen LogP contribution in [0.25, 0.3) is 0 Å². The van der Waals surface area contributed by atoms with Gasteiger partial charge in [-0.25, -0.2) is 0 Å². The highest BCUT2D eigenvalue weighted by Crippen LogP contribution is 2.32. The summed E-state index contributed by atoms with van der Waals surface area (Å²) in [5, 5.41) is 11.2. The number of ether oxygens (including phenoxy) is 2. The van der Waals surface area contributed by atoms with E-state index in [9.17, 15) is 23.3 Å². The molecule has 0 N–H and O–H groups in total. The minimum absolute atomic E-state index is 0.162. The molecule has 0 atom stereocenters. The number of hydrogen-bond donors (Lipinski definition) is 0. The molecule has 24 heavy (non-hydrogen) atoms. The molecule has 6 nitrogen and oxygen atoms in total. The van der Waals surface area contributed by atoms with Crippen molar-refractivity contribution >= 4 is 17.4 Å². The zero-order valence-electron chi connectivity index (χ0n) is 12.2. The number of pyridine rings is 1. The molecule has 0 aliphatic heterocycles. The molecule has 0 fully saturated rings. The van der Waals surface area contributed by atoms with Gasteiger partial charge in [0.05, 0.1) is 12.0 Å². The minimum atomic E-state index is -4.75. The third kappa shape index (κ3) is 5.01. The normalized spacial score (nSPS) is 11.2. The van der Waals surface area contributed by atoms with Crippen LogP contribution in [0.5, 0.6) is 11.6 Å². The first kappa shape index (κ1) is 17.9. The molecule has 0 aliphatic carbocycles. The summed E-state index contributed by atoms with van der Waals surface area (Å²) >= 11 is 1.08. The monoisotopic (exact) mass is 360 g/mol. The highest BCUT2D eigenvalue weighted by atomic mass is 32.2. The molecule has 2 aromatic rings. The first-order chi connectivity index (χ1) is 11.3. The van der Waals surface area contributed by atoms with E-state index < -0.39 is 11.3 Å². The predicted octanol–water partition coefficient (Wildman–Crippen LogP) is 4.19. The van der Waals surface area contributed by atoms with Crippen LogP contribution >= 0.6 is 11.8 Å². The second-order valence-corrected chi connectivity index (χ2v) is 5.38. The van der Waals surface area contributed by atoms with Gasteiger partial charge in [-0.05, 0) is 17.7 Å². The van der Waals surface area contributed by atoms with Gasteiger partial charge in [0.15, 0.2) is 5.03 Å². The average molecular weight is 360 g/mol. The number of halogens is 3. The molecule has 0 aliphatic rings. The van der Waals surface area contributed by atoms with E-state index in [2.05, 4.69) is 9.72 Å². The Balaban J connectivity index is 2.09. The summed E-state index contributed by atoms with van der Waals surface area (Å²) in [6, 6.07) is 7.91. The van der Waals surface area contributed by atoms with Crippen LogP contribution in [0.2, 0.25) is 0 Å². The Morgan fingerprint density at radius 3 is 2.42 bits per heavy atom. The summed E-state index contributed by atoms with van der Waals surface area (Å²) in [6.07, 6.45) is -4.75. The van der Waals surface area contributed by atoms with E-state index in [4.69, 9.17) is 4.74 Å². The van der Waals surface area contributed by atoms with Crippen LogP contribution < -0.4 is 9.47 Å². The van der Waals surface area contributed by atoms with Gasteiger partial charge < -0.3 is 9.47 Å². The quantitative estimate of drug-likeness (QED) is 0.437. The van der Waals surface area contributed by atoms with Crippen LogP contribution in [0.4, 0.5) is 18.9 Å². The van der Waals surface area contributed by atoms with E-state index in [1.807, 2.05) is 0 Å². The molecule has 0 saturated carbocycles. The Morgan fingerprint density at radius 2 is 1.88 bits per heavy atom. The zero-order valence-corrected chi connectivity index (χ0v) is 13.1. The van der Waals surface area contributed by atoms with Gasteiger partial charge in [0.25, 0.3) is 0 Å². The second kappa shape index (κ2) is 7.39. The van der Waals surface area contributed by atoms with Crippen LogP contribution in [-0.4, -0.2) is 23.4 Å². The minimum Gasteiger partial charge on any atom is -0.481 e. The summed E-state index contributed by atoms with van der Waals surface area (Å²) in [6.45, 7) is 0.